The van der Waals surface area contributed by atoms with Crippen LogP contribution in [0.3, 0.4) is 0 Å². The van der Waals surface area contributed by atoms with Crippen LogP contribution in [0.5, 0.6) is 0 Å². The number of rotatable bonds is 5. The van der Waals surface area contributed by atoms with Crippen molar-refractivity contribution < 1.29 is 14.8 Å². The van der Waals surface area contributed by atoms with Crippen molar-refractivity contribution in [2.24, 2.45) is 7.05 Å². The van der Waals surface area contributed by atoms with Crippen LogP contribution in [0.2, 0.25) is 0 Å². The Kier molecular flexibility index (Phi) is 3.60. The van der Waals surface area contributed by atoms with E-state index in [-0.39, 0.29) is 12.1 Å². The number of hydrogen-bond donors (Lipinski definition) is 2. The van der Waals surface area contributed by atoms with Crippen LogP contribution in [0, 0.1) is 10.1 Å². The SMILES string of the molecule is Cn1cnc(CNc2ccc(C(=O)O)c([N+](=O)[O-])c2)n1. The van der Waals surface area contributed by atoms with Crippen molar-refractivity contribution in [2.45, 2.75) is 6.54 Å². The second-order valence-corrected chi connectivity index (χ2v) is 3.98. The first-order chi connectivity index (χ1) is 9.47. The van der Waals surface area contributed by atoms with Crippen LogP contribution in [0.4, 0.5) is 11.4 Å². The van der Waals surface area contributed by atoms with Crippen molar-refractivity contribution in [3.05, 3.63) is 46.0 Å². The largest absolute Gasteiger partial charge is 0.477 e. The first-order valence-electron chi connectivity index (χ1n) is 5.57. The highest BCUT2D eigenvalue weighted by molar-refractivity contribution is 5.93. The van der Waals surface area contributed by atoms with Crippen molar-refractivity contribution >= 4 is 17.3 Å². The quantitative estimate of drug-likeness (QED) is 0.618. The third kappa shape index (κ3) is 2.88. The molecule has 0 atom stereocenters. The van der Waals surface area contributed by atoms with Gasteiger partial charge >= 0.3 is 5.97 Å². The monoisotopic (exact) mass is 277 g/mol. The number of anilines is 1. The molecule has 2 N–H and O–H groups in total. The minimum Gasteiger partial charge on any atom is -0.477 e. The Morgan fingerprint density at radius 3 is 2.85 bits per heavy atom. The third-order valence-corrected chi connectivity index (χ3v) is 2.52. The van der Waals surface area contributed by atoms with E-state index in [0.29, 0.717) is 11.5 Å². The van der Waals surface area contributed by atoms with E-state index in [4.69, 9.17) is 5.11 Å². The molecule has 0 aliphatic rings. The van der Waals surface area contributed by atoms with E-state index in [0.717, 1.165) is 0 Å². The fourth-order valence-electron chi connectivity index (χ4n) is 1.62. The first-order valence-corrected chi connectivity index (χ1v) is 5.57. The van der Waals surface area contributed by atoms with Gasteiger partial charge in [0.2, 0.25) is 0 Å². The average Bonchev–Trinajstić information content (AvgIpc) is 2.81. The van der Waals surface area contributed by atoms with E-state index in [9.17, 15) is 14.9 Å². The molecule has 104 valence electrons. The highest BCUT2D eigenvalue weighted by Crippen LogP contribution is 2.23. The zero-order valence-electron chi connectivity index (χ0n) is 10.5. The van der Waals surface area contributed by atoms with Gasteiger partial charge in [-0.05, 0) is 12.1 Å². The zero-order valence-corrected chi connectivity index (χ0v) is 10.5. The Morgan fingerprint density at radius 1 is 1.55 bits per heavy atom. The van der Waals surface area contributed by atoms with Gasteiger partial charge in [-0.1, -0.05) is 0 Å². The lowest BCUT2D eigenvalue weighted by Gasteiger charge is -2.05. The van der Waals surface area contributed by atoms with Crippen LogP contribution in [-0.4, -0.2) is 30.8 Å². The normalized spacial score (nSPS) is 10.2. The van der Waals surface area contributed by atoms with Gasteiger partial charge in [0, 0.05) is 18.8 Å². The average molecular weight is 277 g/mol. The van der Waals surface area contributed by atoms with Gasteiger partial charge in [-0.25, -0.2) is 9.78 Å². The van der Waals surface area contributed by atoms with Crippen LogP contribution in [0.15, 0.2) is 24.5 Å². The topological polar surface area (TPSA) is 123 Å². The van der Waals surface area contributed by atoms with Gasteiger partial charge in [0.1, 0.15) is 11.9 Å². The molecule has 2 rings (SSSR count). The van der Waals surface area contributed by atoms with Gasteiger partial charge < -0.3 is 10.4 Å². The number of carboxylic acids is 1. The molecule has 0 radical (unpaired) electrons. The highest BCUT2D eigenvalue weighted by Gasteiger charge is 2.20. The van der Waals surface area contributed by atoms with Crippen molar-refractivity contribution in [1.29, 1.82) is 0 Å². The molecule has 0 bridgehead atoms. The molecule has 20 heavy (non-hydrogen) atoms. The van der Waals surface area contributed by atoms with Gasteiger partial charge in [0.25, 0.3) is 5.69 Å². The summed E-state index contributed by atoms with van der Waals surface area (Å²) in [5.74, 6) is -0.813. The predicted octanol–water partition coefficient (Wildman–Crippen LogP) is 1.03. The van der Waals surface area contributed by atoms with Crippen LogP contribution in [0.1, 0.15) is 16.2 Å². The summed E-state index contributed by atoms with van der Waals surface area (Å²) < 4.78 is 1.53. The van der Waals surface area contributed by atoms with Crippen molar-refractivity contribution in [3.63, 3.8) is 0 Å². The number of hydrogen-bond acceptors (Lipinski definition) is 6. The predicted molar refractivity (Wildman–Crippen MR) is 68.4 cm³/mol. The molecule has 0 fully saturated rings. The first kappa shape index (κ1) is 13.5. The molecule has 0 saturated heterocycles. The highest BCUT2D eigenvalue weighted by atomic mass is 16.6. The number of nitro groups is 1. The van der Waals surface area contributed by atoms with E-state index < -0.39 is 16.6 Å². The lowest BCUT2D eigenvalue weighted by Crippen LogP contribution is -2.06. The number of nitro benzene ring substituents is 1. The standard InChI is InChI=1S/C11H11N5O4/c1-15-6-13-10(14-15)5-12-7-2-3-8(11(17)18)9(4-7)16(19)20/h2-4,6,12H,5H2,1H3,(H,17,18). The lowest BCUT2D eigenvalue weighted by molar-refractivity contribution is -0.385. The Labute approximate surface area is 113 Å². The van der Waals surface area contributed by atoms with Crippen molar-refractivity contribution in [3.8, 4) is 0 Å². The van der Waals surface area contributed by atoms with Crippen LogP contribution in [-0.2, 0) is 13.6 Å². The molecule has 1 heterocycles. The number of aromatic nitrogens is 3. The number of benzene rings is 1. The molecule has 0 amide bonds. The summed E-state index contributed by atoms with van der Waals surface area (Å²) in [4.78, 5) is 25.0. The molecule has 0 aliphatic carbocycles. The molecule has 1 aromatic heterocycles. The molecule has 0 unspecified atom stereocenters. The van der Waals surface area contributed by atoms with Crippen LogP contribution < -0.4 is 5.32 Å². The minimum atomic E-state index is -1.34. The fraction of sp³-hybridized carbons (Fsp3) is 0.182. The molecular formula is C11H11N5O4. The van der Waals surface area contributed by atoms with Crippen molar-refractivity contribution in [2.75, 3.05) is 5.32 Å². The van der Waals surface area contributed by atoms with Crippen LogP contribution in [0.25, 0.3) is 0 Å². The Morgan fingerprint density at radius 2 is 2.30 bits per heavy atom. The number of nitrogens with zero attached hydrogens (tertiary/aromatic N) is 4. The number of carbonyl (C=O) groups is 1. The van der Waals surface area contributed by atoms with Crippen molar-refractivity contribution in [1.82, 2.24) is 14.8 Å². The zero-order chi connectivity index (χ0) is 14.7. The molecule has 0 aliphatic heterocycles. The molecular weight excluding hydrogens is 266 g/mol. The maximum absolute atomic E-state index is 10.9. The van der Waals surface area contributed by atoms with Gasteiger partial charge in [-0.15, -0.1) is 0 Å². The fourth-order valence-corrected chi connectivity index (χ4v) is 1.62. The second kappa shape index (κ2) is 5.34. The van der Waals surface area contributed by atoms with E-state index >= 15 is 0 Å². The van der Waals surface area contributed by atoms with Gasteiger partial charge in [-0.3, -0.25) is 14.8 Å². The number of carboxylic acid groups (broad SMARTS) is 1. The summed E-state index contributed by atoms with van der Waals surface area (Å²) in [6, 6.07) is 3.82. The molecule has 9 heteroatoms. The van der Waals surface area contributed by atoms with E-state index in [1.165, 1.54) is 29.2 Å². The molecule has 0 saturated carbocycles. The van der Waals surface area contributed by atoms with E-state index in [1.807, 2.05) is 0 Å². The Bertz CT molecular complexity index is 667. The number of nitrogens with one attached hydrogen (secondary N) is 1. The maximum Gasteiger partial charge on any atom is 0.342 e. The maximum atomic E-state index is 10.9. The van der Waals surface area contributed by atoms with Gasteiger partial charge in [-0.2, -0.15) is 5.10 Å². The lowest BCUT2D eigenvalue weighted by atomic mass is 10.1. The minimum absolute atomic E-state index is 0.282. The molecule has 1 aromatic carbocycles. The van der Waals surface area contributed by atoms with Crippen LogP contribution >= 0.6 is 0 Å². The summed E-state index contributed by atoms with van der Waals surface area (Å²) in [6.07, 6.45) is 1.53. The Hall–Kier alpha value is -2.97. The third-order valence-electron chi connectivity index (χ3n) is 2.52. The van der Waals surface area contributed by atoms with E-state index in [2.05, 4.69) is 15.4 Å². The molecule has 0 spiro atoms. The smallest absolute Gasteiger partial charge is 0.342 e. The molecule has 9 nitrogen and oxygen atoms in total. The van der Waals surface area contributed by atoms with E-state index in [1.54, 1.807) is 7.05 Å². The summed E-state index contributed by atoms with van der Waals surface area (Å²) >= 11 is 0. The number of aryl methyl sites for hydroxylation is 1. The summed E-state index contributed by atoms with van der Waals surface area (Å²) in [5, 5.41) is 26.7. The summed E-state index contributed by atoms with van der Waals surface area (Å²) in [5.41, 5.74) is -0.387. The number of aromatic carboxylic acids is 1. The Balaban J connectivity index is 2.18. The summed E-state index contributed by atoms with van der Waals surface area (Å²) in [7, 11) is 1.73. The summed E-state index contributed by atoms with van der Waals surface area (Å²) in [6.45, 7) is 0.282. The second-order valence-electron chi connectivity index (χ2n) is 3.98. The van der Waals surface area contributed by atoms with Gasteiger partial charge in [0.15, 0.2) is 5.82 Å². The molecule has 2 aromatic rings. The van der Waals surface area contributed by atoms with Gasteiger partial charge in [0.05, 0.1) is 11.5 Å².